The van der Waals surface area contributed by atoms with Crippen molar-refractivity contribution in [1.82, 2.24) is 4.31 Å². The van der Waals surface area contributed by atoms with Gasteiger partial charge in [-0.05, 0) is 37.5 Å². The van der Waals surface area contributed by atoms with Gasteiger partial charge in [-0.1, -0.05) is 12.1 Å². The summed E-state index contributed by atoms with van der Waals surface area (Å²) in [6.45, 7) is 2.56. The van der Waals surface area contributed by atoms with E-state index >= 15 is 0 Å². The molecule has 2 aliphatic rings. The average Bonchev–Trinajstić information content (AvgIpc) is 2.94. The molecule has 0 unspecified atom stereocenters. The molecule has 4 nitrogen and oxygen atoms in total. The summed E-state index contributed by atoms with van der Waals surface area (Å²) in [5.74, 6) is -1.24. The lowest BCUT2D eigenvalue weighted by Crippen LogP contribution is -2.43. The second-order valence-corrected chi connectivity index (χ2v) is 8.03. The summed E-state index contributed by atoms with van der Waals surface area (Å²) >= 11 is 0. The predicted molar refractivity (Wildman–Crippen MR) is 83.3 cm³/mol. The fraction of sp³-hybridized carbons (Fsp3) is 0.500. The molecule has 0 saturated carbocycles. The third-order valence-corrected chi connectivity index (χ3v) is 6.94. The van der Waals surface area contributed by atoms with Gasteiger partial charge in [0.05, 0.1) is 6.10 Å². The van der Waals surface area contributed by atoms with E-state index in [9.17, 15) is 17.2 Å². The summed E-state index contributed by atoms with van der Waals surface area (Å²) in [6.07, 6.45) is 2.05. The van der Waals surface area contributed by atoms with Crippen LogP contribution in [0.2, 0.25) is 0 Å². The zero-order valence-corrected chi connectivity index (χ0v) is 13.7. The van der Waals surface area contributed by atoms with Crippen LogP contribution in [0.4, 0.5) is 8.78 Å². The Morgan fingerprint density at radius 1 is 1.26 bits per heavy atom. The summed E-state index contributed by atoms with van der Waals surface area (Å²) in [6, 6.07) is 3.73. The fourth-order valence-corrected chi connectivity index (χ4v) is 5.18. The highest BCUT2D eigenvalue weighted by Gasteiger charge is 2.40. The van der Waals surface area contributed by atoms with Crippen LogP contribution >= 0.6 is 0 Å². The van der Waals surface area contributed by atoms with Crippen molar-refractivity contribution in [1.29, 1.82) is 0 Å². The minimum Gasteiger partial charge on any atom is -0.377 e. The fourth-order valence-electron chi connectivity index (χ4n) is 3.21. The molecule has 0 spiro atoms. The molecule has 0 aliphatic carbocycles. The van der Waals surface area contributed by atoms with Gasteiger partial charge in [-0.15, -0.1) is 0 Å². The maximum Gasteiger partial charge on any atom is 0.219 e. The van der Waals surface area contributed by atoms with Crippen molar-refractivity contribution in [3.8, 4) is 0 Å². The van der Waals surface area contributed by atoms with Gasteiger partial charge < -0.3 is 4.74 Å². The average molecular weight is 343 g/mol. The Morgan fingerprint density at radius 3 is 2.48 bits per heavy atom. The van der Waals surface area contributed by atoms with E-state index in [1.54, 1.807) is 13.0 Å². The van der Waals surface area contributed by atoms with Gasteiger partial charge in [-0.2, -0.15) is 4.31 Å². The number of hydrogen-bond donors (Lipinski definition) is 0. The van der Waals surface area contributed by atoms with E-state index in [1.807, 2.05) is 0 Å². The molecule has 2 atom stereocenters. The number of nitrogens with zero attached hydrogens (tertiary/aromatic N) is 1. The molecule has 0 aromatic heterocycles. The normalized spacial score (nSPS) is 26.3. The van der Waals surface area contributed by atoms with Gasteiger partial charge in [0, 0.05) is 25.3 Å². The van der Waals surface area contributed by atoms with Crippen LogP contribution < -0.4 is 0 Å². The maximum atomic E-state index is 13.8. The van der Waals surface area contributed by atoms with E-state index in [1.165, 1.54) is 22.5 Å². The van der Waals surface area contributed by atoms with Gasteiger partial charge in [-0.3, -0.25) is 0 Å². The van der Waals surface area contributed by atoms with Gasteiger partial charge in [0.15, 0.2) is 0 Å². The van der Waals surface area contributed by atoms with Gasteiger partial charge in [0.25, 0.3) is 0 Å². The Labute approximate surface area is 134 Å². The quantitative estimate of drug-likeness (QED) is 0.847. The highest BCUT2D eigenvalue weighted by Crippen LogP contribution is 2.30. The molecule has 0 bridgehead atoms. The first-order chi connectivity index (χ1) is 10.9. The molecule has 7 heteroatoms. The molecule has 2 aliphatic heterocycles. The zero-order chi connectivity index (χ0) is 16.6. The van der Waals surface area contributed by atoms with Crippen molar-refractivity contribution in [3.05, 3.63) is 41.5 Å². The highest BCUT2D eigenvalue weighted by molar-refractivity contribution is 7.89. The Kier molecular flexibility index (Phi) is 4.53. The molecular weight excluding hydrogens is 324 g/mol. The Morgan fingerprint density at radius 2 is 1.96 bits per heavy atom. The minimum absolute atomic E-state index is 0.0536. The first-order valence-electron chi connectivity index (χ1n) is 7.65. The van der Waals surface area contributed by atoms with E-state index < -0.39 is 26.9 Å². The molecule has 1 aromatic carbocycles. The largest absolute Gasteiger partial charge is 0.377 e. The first kappa shape index (κ1) is 16.5. The lowest BCUT2D eigenvalue weighted by Gasteiger charge is -2.29. The summed E-state index contributed by atoms with van der Waals surface area (Å²) in [7, 11) is -3.46. The molecule has 0 N–H and O–H groups in total. The minimum atomic E-state index is -3.46. The summed E-state index contributed by atoms with van der Waals surface area (Å²) in [4.78, 5) is 0. The molecule has 1 aromatic rings. The smallest absolute Gasteiger partial charge is 0.219 e. The van der Waals surface area contributed by atoms with Crippen LogP contribution in [-0.4, -0.2) is 43.8 Å². The van der Waals surface area contributed by atoms with Crippen LogP contribution in [0.25, 0.3) is 5.57 Å². The summed E-state index contributed by atoms with van der Waals surface area (Å²) in [5, 5.41) is -0.539. The van der Waals surface area contributed by atoms with Crippen molar-refractivity contribution in [2.24, 2.45) is 0 Å². The van der Waals surface area contributed by atoms with E-state index in [4.69, 9.17) is 4.74 Å². The zero-order valence-electron chi connectivity index (χ0n) is 12.8. The Balaban J connectivity index is 1.81. The SMILES string of the molecule is C[C@H]1OCC[C@@H]1S(=O)(=O)N1CC=C(c2c(F)cccc2F)CC1. The third kappa shape index (κ3) is 3.05. The van der Waals surface area contributed by atoms with Crippen molar-refractivity contribution in [2.45, 2.75) is 31.1 Å². The second-order valence-electron chi connectivity index (χ2n) is 5.88. The summed E-state index contributed by atoms with van der Waals surface area (Å²) < 4.78 is 59.7. The second kappa shape index (κ2) is 6.30. The molecule has 126 valence electrons. The molecule has 23 heavy (non-hydrogen) atoms. The van der Waals surface area contributed by atoms with Crippen molar-refractivity contribution >= 4 is 15.6 Å². The number of sulfonamides is 1. The standard InChI is InChI=1S/C16H19F2NO3S/c1-11-15(7-10-22-11)23(20,21)19-8-5-12(6-9-19)16-13(17)3-2-4-14(16)18/h2-5,11,15H,6-10H2,1H3/t11-,15+/m1/s1. The lowest BCUT2D eigenvalue weighted by molar-refractivity contribution is 0.125. The molecule has 1 fully saturated rings. The first-order valence-corrected chi connectivity index (χ1v) is 9.15. The van der Waals surface area contributed by atoms with Crippen molar-refractivity contribution in [3.63, 3.8) is 0 Å². The number of rotatable bonds is 3. The van der Waals surface area contributed by atoms with Crippen LogP contribution in [0.3, 0.4) is 0 Å². The van der Waals surface area contributed by atoms with Gasteiger partial charge in [-0.25, -0.2) is 17.2 Å². The summed E-state index contributed by atoms with van der Waals surface area (Å²) in [5.41, 5.74) is 0.463. The molecule has 2 heterocycles. The molecule has 0 amide bonds. The van der Waals surface area contributed by atoms with Crippen LogP contribution in [0, 0.1) is 11.6 Å². The Hall–Kier alpha value is -1.31. The number of hydrogen-bond acceptors (Lipinski definition) is 3. The maximum absolute atomic E-state index is 13.8. The van der Waals surface area contributed by atoms with E-state index in [0.717, 1.165) is 0 Å². The molecule has 1 saturated heterocycles. The van der Waals surface area contributed by atoms with Gasteiger partial charge >= 0.3 is 0 Å². The van der Waals surface area contributed by atoms with Crippen LogP contribution in [0.15, 0.2) is 24.3 Å². The van der Waals surface area contributed by atoms with Crippen molar-refractivity contribution < 1.29 is 21.9 Å². The number of halogens is 2. The molecule has 3 rings (SSSR count). The monoisotopic (exact) mass is 343 g/mol. The van der Waals surface area contributed by atoms with Crippen molar-refractivity contribution in [2.75, 3.05) is 19.7 Å². The number of ether oxygens (including phenoxy) is 1. The van der Waals surface area contributed by atoms with Gasteiger partial charge in [0.2, 0.25) is 10.0 Å². The number of benzene rings is 1. The van der Waals surface area contributed by atoms with Crippen LogP contribution in [0.5, 0.6) is 0 Å². The van der Waals surface area contributed by atoms with E-state index in [2.05, 4.69) is 0 Å². The highest BCUT2D eigenvalue weighted by atomic mass is 32.2. The lowest BCUT2D eigenvalue weighted by atomic mass is 9.99. The van der Waals surface area contributed by atoms with E-state index in [-0.39, 0.29) is 24.8 Å². The Bertz CT molecular complexity index is 713. The molecular formula is C16H19F2NO3S. The molecule has 0 radical (unpaired) electrons. The van der Waals surface area contributed by atoms with E-state index in [0.29, 0.717) is 25.0 Å². The predicted octanol–water partition coefficient (Wildman–Crippen LogP) is 2.56. The van der Waals surface area contributed by atoms with Crippen LogP contribution in [-0.2, 0) is 14.8 Å². The van der Waals surface area contributed by atoms with Gasteiger partial charge in [0.1, 0.15) is 16.9 Å². The third-order valence-electron chi connectivity index (χ3n) is 4.50. The topological polar surface area (TPSA) is 46.6 Å². The van der Waals surface area contributed by atoms with Crippen LogP contribution in [0.1, 0.15) is 25.3 Å².